The Labute approximate surface area is 186 Å². The standard InChI is InChI=1S/C20H35N5S.HI/c1-5-24-11-13-25(14-12-24)17(2)15-22-20(21-4)23-16-18(3)26-19-9-7-6-8-10-19;/h6-10,17-18H,5,11-16H2,1-4H3,(H2,21,22,23);1H. The van der Waals surface area contributed by atoms with Gasteiger partial charge in [-0.1, -0.05) is 32.0 Å². The summed E-state index contributed by atoms with van der Waals surface area (Å²) in [5.41, 5.74) is 0. The van der Waals surface area contributed by atoms with Crippen molar-refractivity contribution in [1.29, 1.82) is 0 Å². The topological polar surface area (TPSA) is 42.9 Å². The minimum atomic E-state index is 0. The van der Waals surface area contributed by atoms with Crippen LogP contribution in [0.2, 0.25) is 0 Å². The van der Waals surface area contributed by atoms with E-state index in [2.05, 4.69) is 76.5 Å². The zero-order valence-electron chi connectivity index (χ0n) is 17.1. The summed E-state index contributed by atoms with van der Waals surface area (Å²) in [6.07, 6.45) is 0. The predicted molar refractivity (Wildman–Crippen MR) is 130 cm³/mol. The highest BCUT2D eigenvalue weighted by atomic mass is 127. The molecule has 1 aliphatic heterocycles. The second-order valence-electron chi connectivity index (χ2n) is 6.89. The van der Waals surface area contributed by atoms with Gasteiger partial charge in [0.1, 0.15) is 0 Å². The SMILES string of the molecule is CCN1CCN(C(C)CNC(=NC)NCC(C)Sc2ccccc2)CC1.I. The van der Waals surface area contributed by atoms with Crippen LogP contribution in [-0.4, -0.2) is 79.9 Å². The van der Waals surface area contributed by atoms with Crippen molar-refractivity contribution in [2.45, 2.75) is 37.0 Å². The molecule has 2 N–H and O–H groups in total. The summed E-state index contributed by atoms with van der Waals surface area (Å²) in [5, 5.41) is 7.42. The molecule has 1 aromatic rings. The molecule has 0 aromatic heterocycles. The molecule has 1 aliphatic rings. The number of likely N-dealkylation sites (N-methyl/N-ethyl adjacent to an activating group) is 1. The van der Waals surface area contributed by atoms with Gasteiger partial charge in [-0.3, -0.25) is 9.89 Å². The molecule has 154 valence electrons. The van der Waals surface area contributed by atoms with Crippen LogP contribution in [0.15, 0.2) is 40.2 Å². The highest BCUT2D eigenvalue weighted by Crippen LogP contribution is 2.21. The van der Waals surface area contributed by atoms with E-state index >= 15 is 0 Å². The van der Waals surface area contributed by atoms with Gasteiger partial charge in [0, 0.05) is 62.5 Å². The summed E-state index contributed by atoms with van der Waals surface area (Å²) in [4.78, 5) is 10.8. The van der Waals surface area contributed by atoms with Gasteiger partial charge in [-0.25, -0.2) is 0 Å². The number of aliphatic imine (C=N–C) groups is 1. The Kier molecular flexibility index (Phi) is 12.4. The number of rotatable bonds is 8. The third-order valence-corrected chi connectivity index (χ3v) is 6.02. The molecule has 1 saturated heterocycles. The number of halogens is 1. The lowest BCUT2D eigenvalue weighted by Gasteiger charge is -2.37. The van der Waals surface area contributed by atoms with E-state index in [0.717, 1.165) is 38.7 Å². The molecule has 0 bridgehead atoms. The normalized spacial score (nSPS) is 18.4. The average molecular weight is 506 g/mol. The lowest BCUT2D eigenvalue weighted by Crippen LogP contribution is -2.53. The Balaban J connectivity index is 0.00000364. The quantitative estimate of drug-likeness (QED) is 0.246. The molecule has 2 atom stereocenters. The van der Waals surface area contributed by atoms with Crippen LogP contribution in [0.3, 0.4) is 0 Å². The van der Waals surface area contributed by atoms with Crippen molar-refractivity contribution < 1.29 is 0 Å². The predicted octanol–water partition coefficient (Wildman–Crippen LogP) is 2.98. The van der Waals surface area contributed by atoms with Crippen LogP contribution in [0.4, 0.5) is 0 Å². The number of nitrogens with zero attached hydrogens (tertiary/aromatic N) is 3. The summed E-state index contributed by atoms with van der Waals surface area (Å²) < 4.78 is 0. The third-order valence-electron chi connectivity index (χ3n) is 4.90. The molecule has 1 fully saturated rings. The van der Waals surface area contributed by atoms with Crippen molar-refractivity contribution in [3.8, 4) is 0 Å². The molecule has 0 saturated carbocycles. The van der Waals surface area contributed by atoms with Crippen molar-refractivity contribution in [2.24, 2.45) is 4.99 Å². The zero-order valence-corrected chi connectivity index (χ0v) is 20.3. The van der Waals surface area contributed by atoms with Crippen LogP contribution < -0.4 is 10.6 Å². The van der Waals surface area contributed by atoms with E-state index in [0.29, 0.717) is 11.3 Å². The number of nitrogens with one attached hydrogen (secondary N) is 2. The fraction of sp³-hybridized carbons (Fsp3) is 0.650. The van der Waals surface area contributed by atoms with Crippen molar-refractivity contribution in [2.75, 3.05) is 52.9 Å². The van der Waals surface area contributed by atoms with Crippen molar-refractivity contribution in [3.63, 3.8) is 0 Å². The maximum Gasteiger partial charge on any atom is 0.191 e. The first kappa shape index (κ1) is 24.5. The van der Waals surface area contributed by atoms with Crippen LogP contribution in [0.25, 0.3) is 0 Å². The molecular weight excluding hydrogens is 469 g/mol. The van der Waals surface area contributed by atoms with E-state index in [1.807, 2.05) is 18.8 Å². The second kappa shape index (κ2) is 13.6. The van der Waals surface area contributed by atoms with Gasteiger partial charge in [-0.05, 0) is 25.6 Å². The number of benzene rings is 1. The Bertz CT molecular complexity index is 534. The van der Waals surface area contributed by atoms with Crippen LogP contribution in [0.5, 0.6) is 0 Å². The van der Waals surface area contributed by atoms with Gasteiger partial charge < -0.3 is 15.5 Å². The molecule has 5 nitrogen and oxygen atoms in total. The molecule has 2 rings (SSSR count). The number of piperazine rings is 1. The summed E-state index contributed by atoms with van der Waals surface area (Å²) in [6.45, 7) is 14.5. The Morgan fingerprint density at radius 3 is 2.30 bits per heavy atom. The lowest BCUT2D eigenvalue weighted by molar-refractivity contribution is 0.107. The van der Waals surface area contributed by atoms with E-state index in [9.17, 15) is 0 Å². The van der Waals surface area contributed by atoms with Crippen LogP contribution in [-0.2, 0) is 0 Å². The highest BCUT2D eigenvalue weighted by Gasteiger charge is 2.20. The summed E-state index contributed by atoms with van der Waals surface area (Å²) in [6, 6.07) is 11.1. The summed E-state index contributed by atoms with van der Waals surface area (Å²) in [5.74, 6) is 0.893. The van der Waals surface area contributed by atoms with Gasteiger partial charge in [-0.2, -0.15) is 0 Å². The van der Waals surface area contributed by atoms with Crippen LogP contribution >= 0.6 is 35.7 Å². The molecule has 1 aromatic carbocycles. The molecule has 0 amide bonds. The Hall–Kier alpha value is -0.510. The molecular formula is C20H36IN5S. The Morgan fingerprint density at radius 2 is 1.70 bits per heavy atom. The molecule has 1 heterocycles. The van der Waals surface area contributed by atoms with Crippen LogP contribution in [0.1, 0.15) is 20.8 Å². The smallest absolute Gasteiger partial charge is 0.191 e. The van der Waals surface area contributed by atoms with Crippen molar-refractivity contribution in [3.05, 3.63) is 30.3 Å². The fourth-order valence-corrected chi connectivity index (χ4v) is 4.07. The van der Waals surface area contributed by atoms with E-state index in [1.165, 1.54) is 18.0 Å². The molecule has 0 radical (unpaired) electrons. The first-order valence-corrected chi connectivity index (χ1v) is 10.6. The largest absolute Gasteiger partial charge is 0.355 e. The van der Waals surface area contributed by atoms with E-state index in [-0.39, 0.29) is 24.0 Å². The maximum absolute atomic E-state index is 4.37. The molecule has 27 heavy (non-hydrogen) atoms. The minimum Gasteiger partial charge on any atom is -0.355 e. The molecule has 0 aliphatic carbocycles. The molecule has 0 spiro atoms. The number of thioether (sulfide) groups is 1. The number of hydrogen-bond acceptors (Lipinski definition) is 4. The van der Waals surface area contributed by atoms with Crippen molar-refractivity contribution >= 4 is 41.7 Å². The van der Waals surface area contributed by atoms with Crippen molar-refractivity contribution in [1.82, 2.24) is 20.4 Å². The molecule has 7 heteroatoms. The van der Waals surface area contributed by atoms with Gasteiger partial charge in [0.25, 0.3) is 0 Å². The number of guanidine groups is 1. The first-order chi connectivity index (χ1) is 12.6. The number of hydrogen-bond donors (Lipinski definition) is 2. The highest BCUT2D eigenvalue weighted by molar-refractivity contribution is 14.0. The van der Waals surface area contributed by atoms with Gasteiger partial charge >= 0.3 is 0 Å². The maximum atomic E-state index is 4.37. The van der Waals surface area contributed by atoms with Crippen LogP contribution in [0, 0.1) is 0 Å². The average Bonchev–Trinajstić information content (AvgIpc) is 2.68. The van der Waals surface area contributed by atoms with Gasteiger partial charge in [-0.15, -0.1) is 35.7 Å². The van der Waals surface area contributed by atoms with Gasteiger partial charge in [0.2, 0.25) is 0 Å². The lowest BCUT2D eigenvalue weighted by atomic mass is 10.2. The van der Waals surface area contributed by atoms with Gasteiger partial charge in [0.15, 0.2) is 5.96 Å². The Morgan fingerprint density at radius 1 is 1.07 bits per heavy atom. The minimum absolute atomic E-state index is 0. The molecule has 2 unspecified atom stereocenters. The second-order valence-corrected chi connectivity index (χ2v) is 8.41. The van der Waals surface area contributed by atoms with E-state index in [4.69, 9.17) is 0 Å². The third kappa shape index (κ3) is 9.02. The fourth-order valence-electron chi connectivity index (χ4n) is 3.13. The summed E-state index contributed by atoms with van der Waals surface area (Å²) >= 11 is 1.89. The van der Waals surface area contributed by atoms with E-state index < -0.39 is 0 Å². The zero-order chi connectivity index (χ0) is 18.8. The monoisotopic (exact) mass is 505 g/mol. The summed E-state index contributed by atoms with van der Waals surface area (Å²) in [7, 11) is 1.84. The van der Waals surface area contributed by atoms with E-state index in [1.54, 1.807) is 0 Å². The van der Waals surface area contributed by atoms with Gasteiger partial charge in [0.05, 0.1) is 0 Å². The first-order valence-electron chi connectivity index (χ1n) is 9.75.